The van der Waals surface area contributed by atoms with E-state index in [0.29, 0.717) is 19.3 Å². The first kappa shape index (κ1) is 55.6. The molecule has 336 valence electrons. The molecule has 0 saturated heterocycles. The van der Waals surface area contributed by atoms with Crippen molar-refractivity contribution >= 4 is 11.9 Å². The first-order chi connectivity index (χ1) is 28.5. The SMILES string of the molecule is CC/C=C\C/C=C\C/C=C\C/C=C\C/C=C\CCCCCC(=O)OC(CCCCCCCCCCC)CC(=O)NC(CO)C(O)CCCCCCCCCCCCC. The first-order valence-corrected chi connectivity index (χ1v) is 24.5. The van der Waals surface area contributed by atoms with Crippen molar-refractivity contribution in [2.24, 2.45) is 0 Å². The van der Waals surface area contributed by atoms with Crippen LogP contribution in [0, 0.1) is 0 Å². The summed E-state index contributed by atoms with van der Waals surface area (Å²) in [4.78, 5) is 26.0. The lowest BCUT2D eigenvalue weighted by Gasteiger charge is -2.24. The largest absolute Gasteiger partial charge is 0.462 e. The van der Waals surface area contributed by atoms with Crippen molar-refractivity contribution in [3.05, 3.63) is 60.8 Å². The van der Waals surface area contributed by atoms with E-state index in [4.69, 9.17) is 4.74 Å². The third-order valence-corrected chi connectivity index (χ3v) is 10.9. The van der Waals surface area contributed by atoms with E-state index in [9.17, 15) is 19.8 Å². The van der Waals surface area contributed by atoms with Crippen LogP contribution in [-0.4, -0.2) is 46.9 Å². The number of allylic oxidation sites excluding steroid dienone is 10. The molecule has 0 radical (unpaired) electrons. The Kier molecular flexibility index (Phi) is 43.7. The average molecular weight is 812 g/mol. The van der Waals surface area contributed by atoms with Gasteiger partial charge in [0.15, 0.2) is 0 Å². The predicted octanol–water partition coefficient (Wildman–Crippen LogP) is 14.5. The molecular formula is C52H93NO5. The lowest BCUT2D eigenvalue weighted by atomic mass is 10.0. The Morgan fingerprint density at radius 3 is 1.40 bits per heavy atom. The molecule has 3 N–H and O–H groups in total. The van der Waals surface area contributed by atoms with Gasteiger partial charge in [-0.2, -0.15) is 0 Å². The Morgan fingerprint density at radius 1 is 0.517 bits per heavy atom. The highest BCUT2D eigenvalue weighted by atomic mass is 16.5. The van der Waals surface area contributed by atoms with Crippen molar-refractivity contribution in [3.8, 4) is 0 Å². The van der Waals surface area contributed by atoms with Crippen LogP contribution in [0.5, 0.6) is 0 Å². The molecule has 6 heteroatoms. The zero-order valence-corrected chi connectivity index (χ0v) is 38.2. The predicted molar refractivity (Wildman–Crippen MR) is 250 cm³/mol. The highest BCUT2D eigenvalue weighted by Crippen LogP contribution is 2.17. The highest BCUT2D eigenvalue weighted by molar-refractivity contribution is 5.77. The van der Waals surface area contributed by atoms with Crippen LogP contribution < -0.4 is 5.32 Å². The van der Waals surface area contributed by atoms with Crippen molar-refractivity contribution in [2.75, 3.05) is 6.61 Å². The number of carbonyl (C=O) groups is 2. The van der Waals surface area contributed by atoms with Gasteiger partial charge in [0.1, 0.15) is 6.10 Å². The van der Waals surface area contributed by atoms with E-state index in [1.165, 1.54) is 89.9 Å². The standard InChI is InChI=1S/C52H93NO5/c1-4-7-10-13-16-19-21-22-23-24-25-26-27-28-30-33-36-39-42-45-52(57)58-48(43-40-37-34-31-18-15-12-9-6-3)46-51(56)53-49(47-54)50(55)44-41-38-35-32-29-20-17-14-11-8-5-2/h7,10,16,19,22-23,25-26,28,30,48-50,54-55H,4-6,8-9,11-15,17-18,20-21,24,27,29,31-47H2,1-3H3,(H,53,56)/b10-7-,19-16-,23-22-,26-25-,30-28-. The summed E-state index contributed by atoms with van der Waals surface area (Å²) < 4.78 is 5.89. The highest BCUT2D eigenvalue weighted by Gasteiger charge is 2.24. The second-order valence-corrected chi connectivity index (χ2v) is 16.5. The molecule has 0 heterocycles. The molecule has 0 aromatic heterocycles. The van der Waals surface area contributed by atoms with Gasteiger partial charge in [-0.15, -0.1) is 0 Å². The van der Waals surface area contributed by atoms with Gasteiger partial charge < -0.3 is 20.3 Å². The lowest BCUT2D eigenvalue weighted by molar-refractivity contribution is -0.151. The third-order valence-electron chi connectivity index (χ3n) is 10.9. The van der Waals surface area contributed by atoms with Gasteiger partial charge >= 0.3 is 5.97 Å². The summed E-state index contributed by atoms with van der Waals surface area (Å²) in [5, 5.41) is 23.6. The summed E-state index contributed by atoms with van der Waals surface area (Å²) in [6.45, 7) is 6.33. The number of nitrogens with one attached hydrogen (secondary N) is 1. The Hall–Kier alpha value is -2.44. The molecule has 0 spiro atoms. The van der Waals surface area contributed by atoms with Gasteiger partial charge in [-0.3, -0.25) is 9.59 Å². The van der Waals surface area contributed by atoms with Crippen molar-refractivity contribution < 1.29 is 24.5 Å². The van der Waals surface area contributed by atoms with Crippen LogP contribution in [0.3, 0.4) is 0 Å². The van der Waals surface area contributed by atoms with Crippen molar-refractivity contribution in [2.45, 2.75) is 251 Å². The van der Waals surface area contributed by atoms with E-state index in [1.54, 1.807) is 0 Å². The van der Waals surface area contributed by atoms with Crippen LogP contribution >= 0.6 is 0 Å². The smallest absolute Gasteiger partial charge is 0.306 e. The molecular weight excluding hydrogens is 719 g/mol. The van der Waals surface area contributed by atoms with Crippen LogP contribution in [0.4, 0.5) is 0 Å². The maximum absolute atomic E-state index is 13.1. The molecule has 0 aliphatic heterocycles. The number of ether oxygens (including phenoxy) is 1. The fraction of sp³-hybridized carbons (Fsp3) is 0.769. The fourth-order valence-corrected chi connectivity index (χ4v) is 7.16. The van der Waals surface area contributed by atoms with Crippen molar-refractivity contribution in [3.63, 3.8) is 0 Å². The topological polar surface area (TPSA) is 95.9 Å². The first-order valence-electron chi connectivity index (χ1n) is 24.5. The molecule has 1 amide bonds. The normalized spacial score (nSPS) is 13.8. The van der Waals surface area contributed by atoms with Gasteiger partial charge in [-0.25, -0.2) is 0 Å². The zero-order chi connectivity index (χ0) is 42.4. The number of rotatable bonds is 43. The van der Waals surface area contributed by atoms with Crippen LogP contribution in [0.2, 0.25) is 0 Å². The molecule has 0 aliphatic carbocycles. The summed E-state index contributed by atoms with van der Waals surface area (Å²) in [5.41, 5.74) is 0. The number of esters is 1. The number of aliphatic hydroxyl groups excluding tert-OH is 2. The minimum atomic E-state index is -0.791. The Labute approximate surface area is 358 Å². The third kappa shape index (κ3) is 40.3. The van der Waals surface area contributed by atoms with Crippen LogP contribution in [0.25, 0.3) is 0 Å². The minimum Gasteiger partial charge on any atom is -0.462 e. The van der Waals surface area contributed by atoms with E-state index >= 15 is 0 Å². The van der Waals surface area contributed by atoms with E-state index in [1.807, 2.05) is 0 Å². The molecule has 3 atom stereocenters. The molecule has 58 heavy (non-hydrogen) atoms. The molecule has 0 fully saturated rings. The molecule has 3 unspecified atom stereocenters. The summed E-state index contributed by atoms with van der Waals surface area (Å²) in [6, 6.07) is -0.706. The Morgan fingerprint density at radius 2 is 0.931 bits per heavy atom. The van der Waals surface area contributed by atoms with Gasteiger partial charge in [0.05, 0.1) is 25.2 Å². The van der Waals surface area contributed by atoms with Gasteiger partial charge in [0, 0.05) is 6.42 Å². The fourth-order valence-electron chi connectivity index (χ4n) is 7.16. The molecule has 0 aromatic carbocycles. The zero-order valence-electron chi connectivity index (χ0n) is 38.2. The monoisotopic (exact) mass is 812 g/mol. The van der Waals surface area contributed by atoms with Gasteiger partial charge in [-0.05, 0) is 70.6 Å². The molecule has 6 nitrogen and oxygen atoms in total. The van der Waals surface area contributed by atoms with E-state index in [0.717, 1.165) is 96.3 Å². The number of amides is 1. The molecule has 0 aromatic rings. The second-order valence-electron chi connectivity index (χ2n) is 16.5. The summed E-state index contributed by atoms with van der Waals surface area (Å²) >= 11 is 0. The summed E-state index contributed by atoms with van der Waals surface area (Å²) in [5.74, 6) is -0.512. The average Bonchev–Trinajstić information content (AvgIpc) is 3.22. The number of aliphatic hydroxyl groups is 2. The number of carbonyl (C=O) groups excluding carboxylic acids is 2. The molecule has 0 saturated carbocycles. The second kappa shape index (κ2) is 45.6. The lowest BCUT2D eigenvalue weighted by Crippen LogP contribution is -2.46. The quantitative estimate of drug-likeness (QED) is 0.0324. The molecule has 0 bridgehead atoms. The van der Waals surface area contributed by atoms with Crippen molar-refractivity contribution in [1.82, 2.24) is 5.32 Å². The summed E-state index contributed by atoms with van der Waals surface area (Å²) in [6.07, 6.45) is 55.7. The van der Waals surface area contributed by atoms with Crippen LogP contribution in [0.1, 0.15) is 233 Å². The Bertz CT molecular complexity index is 1050. The summed E-state index contributed by atoms with van der Waals surface area (Å²) in [7, 11) is 0. The molecule has 0 rings (SSSR count). The van der Waals surface area contributed by atoms with E-state index < -0.39 is 18.2 Å². The van der Waals surface area contributed by atoms with E-state index in [-0.39, 0.29) is 24.9 Å². The maximum atomic E-state index is 13.1. The number of hydrogen-bond donors (Lipinski definition) is 3. The van der Waals surface area contributed by atoms with Crippen molar-refractivity contribution in [1.29, 1.82) is 0 Å². The maximum Gasteiger partial charge on any atom is 0.306 e. The van der Waals surface area contributed by atoms with Gasteiger partial charge in [0.2, 0.25) is 5.91 Å². The Balaban J connectivity index is 4.54. The number of unbranched alkanes of at least 4 members (excludes halogenated alkanes) is 21. The minimum absolute atomic E-state index is 0.0640. The van der Waals surface area contributed by atoms with Gasteiger partial charge in [-0.1, -0.05) is 210 Å². The van der Waals surface area contributed by atoms with E-state index in [2.05, 4.69) is 86.8 Å². The molecule has 0 aliphatic rings. The van der Waals surface area contributed by atoms with Gasteiger partial charge in [0.25, 0.3) is 0 Å². The van der Waals surface area contributed by atoms with Crippen LogP contribution in [0.15, 0.2) is 60.8 Å². The van der Waals surface area contributed by atoms with Crippen LogP contribution in [-0.2, 0) is 14.3 Å². The number of hydrogen-bond acceptors (Lipinski definition) is 5.